The zero-order chi connectivity index (χ0) is 20.6. The summed E-state index contributed by atoms with van der Waals surface area (Å²) in [4.78, 5) is 8.58. The Morgan fingerprint density at radius 2 is 1.86 bits per heavy atom. The van der Waals surface area contributed by atoms with Gasteiger partial charge in [0.25, 0.3) is 0 Å². The second-order valence-electron chi connectivity index (χ2n) is 6.81. The van der Waals surface area contributed by atoms with Crippen LogP contribution in [0.2, 0.25) is 0 Å². The van der Waals surface area contributed by atoms with Gasteiger partial charge in [-0.3, -0.25) is 4.99 Å². The molecule has 1 aromatic heterocycles. The van der Waals surface area contributed by atoms with Crippen molar-refractivity contribution in [3.8, 4) is 0 Å². The lowest BCUT2D eigenvalue weighted by atomic mass is 10.1. The third-order valence-corrected chi connectivity index (χ3v) is 6.42. The van der Waals surface area contributed by atoms with Crippen LogP contribution >= 0.6 is 35.3 Å². The third-order valence-electron chi connectivity index (χ3n) is 4.32. The van der Waals surface area contributed by atoms with Crippen LogP contribution in [0.1, 0.15) is 23.4 Å². The van der Waals surface area contributed by atoms with Crippen LogP contribution in [-0.4, -0.2) is 59.3 Å². The number of benzene rings is 1. The highest BCUT2D eigenvalue weighted by Crippen LogP contribution is 2.23. The predicted octanol–water partition coefficient (Wildman–Crippen LogP) is 3.17. The first-order valence-corrected chi connectivity index (χ1v) is 12.1. The van der Waals surface area contributed by atoms with Gasteiger partial charge in [0.15, 0.2) is 15.8 Å². The van der Waals surface area contributed by atoms with Gasteiger partial charge in [-0.15, -0.1) is 35.3 Å². The Morgan fingerprint density at radius 1 is 1.17 bits per heavy atom. The van der Waals surface area contributed by atoms with Crippen molar-refractivity contribution in [3.63, 3.8) is 0 Å². The number of guanidine groups is 1. The molecule has 29 heavy (non-hydrogen) atoms. The minimum atomic E-state index is -3.15. The van der Waals surface area contributed by atoms with Crippen LogP contribution in [0.3, 0.4) is 0 Å². The highest BCUT2D eigenvalue weighted by Gasteiger charge is 2.15. The molecule has 2 N–H and O–H groups in total. The Labute approximate surface area is 195 Å². The topological polar surface area (TPSA) is 73.8 Å². The molecule has 9 heteroatoms. The molecule has 6 nitrogen and oxygen atoms in total. The van der Waals surface area contributed by atoms with E-state index < -0.39 is 9.84 Å². The van der Waals surface area contributed by atoms with E-state index in [0.29, 0.717) is 11.4 Å². The summed E-state index contributed by atoms with van der Waals surface area (Å²) in [7, 11) is 0.990. The molecule has 0 aliphatic carbocycles. The number of aliphatic imine (C=N–C) groups is 1. The van der Waals surface area contributed by atoms with Gasteiger partial charge in [0, 0.05) is 24.2 Å². The number of nitrogens with zero attached hydrogens (tertiary/aromatic N) is 2. The van der Waals surface area contributed by atoms with Gasteiger partial charge < -0.3 is 15.5 Å². The van der Waals surface area contributed by atoms with E-state index >= 15 is 0 Å². The van der Waals surface area contributed by atoms with E-state index in [1.54, 1.807) is 23.5 Å². The minimum Gasteiger partial charge on any atom is -0.357 e. The van der Waals surface area contributed by atoms with E-state index in [4.69, 9.17) is 4.99 Å². The molecule has 0 aliphatic rings. The highest BCUT2D eigenvalue weighted by atomic mass is 127. The smallest absolute Gasteiger partial charge is 0.191 e. The molecule has 1 aromatic carbocycles. The molecule has 0 bridgehead atoms. The number of hydrogen-bond donors (Lipinski definition) is 2. The van der Waals surface area contributed by atoms with E-state index in [9.17, 15) is 8.42 Å². The molecule has 1 heterocycles. The van der Waals surface area contributed by atoms with Gasteiger partial charge in [0.05, 0.1) is 17.5 Å². The summed E-state index contributed by atoms with van der Waals surface area (Å²) in [5, 5.41) is 8.73. The Bertz CT molecular complexity index is 851. The van der Waals surface area contributed by atoms with Crippen LogP contribution in [0.25, 0.3) is 0 Å². The summed E-state index contributed by atoms with van der Waals surface area (Å²) in [6, 6.07) is 11.5. The molecule has 0 fully saturated rings. The second-order valence-corrected chi connectivity index (χ2v) is 9.80. The van der Waals surface area contributed by atoms with Gasteiger partial charge in [-0.05, 0) is 56.6 Å². The molecule has 2 aromatic rings. The number of hydrogen-bond acceptors (Lipinski definition) is 5. The second kappa shape index (κ2) is 12.5. The van der Waals surface area contributed by atoms with Gasteiger partial charge in [-0.2, -0.15) is 0 Å². The van der Waals surface area contributed by atoms with Gasteiger partial charge in [-0.1, -0.05) is 18.2 Å². The van der Waals surface area contributed by atoms with Crippen LogP contribution in [-0.2, 0) is 16.3 Å². The van der Waals surface area contributed by atoms with E-state index in [0.717, 1.165) is 31.0 Å². The van der Waals surface area contributed by atoms with Crippen molar-refractivity contribution >= 4 is 51.1 Å². The summed E-state index contributed by atoms with van der Waals surface area (Å²) >= 11 is 1.75. The van der Waals surface area contributed by atoms with Gasteiger partial charge in [-0.25, -0.2) is 8.42 Å². The Balaban J connectivity index is 0.00000420. The fraction of sp³-hybridized carbons (Fsp3) is 0.450. The molecule has 162 valence electrons. The first kappa shape index (κ1) is 25.9. The summed E-state index contributed by atoms with van der Waals surface area (Å²) < 4.78 is 23.1. The number of sulfone groups is 1. The van der Waals surface area contributed by atoms with Crippen molar-refractivity contribution in [3.05, 3.63) is 52.2 Å². The Kier molecular flexibility index (Phi) is 11.2. The van der Waals surface area contributed by atoms with E-state index in [-0.39, 0.29) is 30.0 Å². The van der Waals surface area contributed by atoms with Gasteiger partial charge in [0.1, 0.15) is 0 Å². The number of thiophene rings is 1. The average molecular weight is 551 g/mol. The van der Waals surface area contributed by atoms with Crippen LogP contribution in [0.4, 0.5) is 0 Å². The predicted molar refractivity (Wildman–Crippen MR) is 133 cm³/mol. The van der Waals surface area contributed by atoms with Crippen molar-refractivity contribution in [2.45, 2.75) is 24.3 Å². The van der Waals surface area contributed by atoms with Gasteiger partial charge in [0.2, 0.25) is 0 Å². The molecule has 2 rings (SSSR count). The first-order valence-electron chi connectivity index (χ1n) is 9.32. The number of nitrogens with one attached hydrogen (secondary N) is 2. The van der Waals surface area contributed by atoms with E-state index in [1.165, 1.54) is 11.1 Å². The van der Waals surface area contributed by atoms with Crippen molar-refractivity contribution in [2.24, 2.45) is 4.99 Å². The Morgan fingerprint density at radius 3 is 2.38 bits per heavy atom. The maximum atomic E-state index is 11.5. The monoisotopic (exact) mass is 550 g/mol. The number of halogens is 1. The molecule has 0 radical (unpaired) electrons. The molecule has 0 saturated carbocycles. The summed E-state index contributed by atoms with van der Waals surface area (Å²) in [6.45, 7) is 4.23. The SMILES string of the molecule is CCNC(=NCC(c1cccs1)N(C)C)NCCc1ccc(S(C)(=O)=O)cc1.I. The molecule has 1 atom stereocenters. The largest absolute Gasteiger partial charge is 0.357 e. The normalized spacial score (nSPS) is 13.1. The lowest BCUT2D eigenvalue weighted by molar-refractivity contribution is 0.310. The summed E-state index contributed by atoms with van der Waals surface area (Å²) in [5.41, 5.74) is 1.08. The van der Waals surface area contributed by atoms with E-state index in [1.807, 2.05) is 19.1 Å². The lowest BCUT2D eigenvalue weighted by Crippen LogP contribution is -2.39. The number of likely N-dealkylation sites (N-methyl/N-ethyl adjacent to an activating group) is 1. The minimum absolute atomic E-state index is 0. The third kappa shape index (κ3) is 8.61. The molecular weight excluding hydrogens is 519 g/mol. The fourth-order valence-corrected chi connectivity index (χ4v) is 4.28. The molecule has 0 aliphatic heterocycles. The fourth-order valence-electron chi connectivity index (χ4n) is 2.74. The van der Waals surface area contributed by atoms with Crippen molar-refractivity contribution in [1.29, 1.82) is 0 Å². The number of rotatable bonds is 9. The molecule has 0 spiro atoms. The van der Waals surface area contributed by atoms with E-state index in [2.05, 4.69) is 47.1 Å². The van der Waals surface area contributed by atoms with Crippen LogP contribution in [0, 0.1) is 0 Å². The molecular formula is C20H31IN4O2S2. The van der Waals surface area contributed by atoms with Crippen LogP contribution in [0.15, 0.2) is 51.7 Å². The van der Waals surface area contributed by atoms with Gasteiger partial charge >= 0.3 is 0 Å². The standard InChI is InChI=1S/C20H30N4O2S2.HI/c1-5-21-20(23-15-18(24(2)3)19-7-6-14-27-19)22-13-12-16-8-10-17(11-9-16)28(4,25)26;/h6-11,14,18H,5,12-13,15H2,1-4H3,(H2,21,22,23);1H. The van der Waals surface area contributed by atoms with Crippen molar-refractivity contribution < 1.29 is 8.42 Å². The van der Waals surface area contributed by atoms with Crippen LogP contribution in [0.5, 0.6) is 0 Å². The highest BCUT2D eigenvalue weighted by molar-refractivity contribution is 14.0. The zero-order valence-electron chi connectivity index (χ0n) is 17.4. The zero-order valence-corrected chi connectivity index (χ0v) is 21.3. The van der Waals surface area contributed by atoms with Crippen molar-refractivity contribution in [2.75, 3.05) is 40.0 Å². The van der Waals surface area contributed by atoms with Crippen LogP contribution < -0.4 is 10.6 Å². The molecule has 0 saturated heterocycles. The molecule has 1 unspecified atom stereocenters. The summed E-state index contributed by atoms with van der Waals surface area (Å²) in [6.07, 6.45) is 2.01. The summed E-state index contributed by atoms with van der Waals surface area (Å²) in [5.74, 6) is 0.790. The Hall–Kier alpha value is -1.17. The molecule has 0 amide bonds. The average Bonchev–Trinajstić information content (AvgIpc) is 3.15. The lowest BCUT2D eigenvalue weighted by Gasteiger charge is -2.22. The maximum absolute atomic E-state index is 11.5. The maximum Gasteiger partial charge on any atom is 0.191 e. The van der Waals surface area contributed by atoms with Crippen molar-refractivity contribution in [1.82, 2.24) is 15.5 Å². The quantitative estimate of drug-likeness (QED) is 0.285. The first-order chi connectivity index (χ1) is 13.3.